The molecule has 14 heavy (non-hydrogen) atoms. The zero-order chi connectivity index (χ0) is 10.6. The number of nitrogens with two attached hydrogens (primary N) is 1. The largest absolute Gasteiger partial charge is 0.352 e. The van der Waals surface area contributed by atoms with Gasteiger partial charge in [-0.1, -0.05) is 18.5 Å². The smallest absolute Gasteiger partial charge is 0.292 e. The normalized spacial score (nSPS) is 12.5. The van der Waals surface area contributed by atoms with Crippen LogP contribution in [0.2, 0.25) is 0 Å². The van der Waals surface area contributed by atoms with Gasteiger partial charge in [-0.15, -0.1) is 0 Å². The average molecular weight is 198 g/mol. The SMILES string of the molecule is CCCC(N)c1nc(C(=O)NC)no1. The first-order valence-electron chi connectivity index (χ1n) is 4.50. The Hall–Kier alpha value is -1.43. The van der Waals surface area contributed by atoms with Crippen molar-refractivity contribution < 1.29 is 9.32 Å². The summed E-state index contributed by atoms with van der Waals surface area (Å²) >= 11 is 0. The Morgan fingerprint density at radius 1 is 1.71 bits per heavy atom. The Morgan fingerprint density at radius 2 is 2.43 bits per heavy atom. The third kappa shape index (κ3) is 2.29. The monoisotopic (exact) mass is 198 g/mol. The van der Waals surface area contributed by atoms with Crippen molar-refractivity contribution >= 4 is 5.91 Å². The molecule has 1 unspecified atom stereocenters. The summed E-state index contributed by atoms with van der Waals surface area (Å²) in [6.07, 6.45) is 1.69. The van der Waals surface area contributed by atoms with Crippen LogP contribution in [0.4, 0.5) is 0 Å². The molecular formula is C8H14N4O2. The number of nitrogens with zero attached hydrogens (tertiary/aromatic N) is 2. The van der Waals surface area contributed by atoms with E-state index in [-0.39, 0.29) is 17.8 Å². The van der Waals surface area contributed by atoms with Crippen molar-refractivity contribution in [3.63, 3.8) is 0 Å². The molecule has 6 nitrogen and oxygen atoms in total. The van der Waals surface area contributed by atoms with E-state index in [1.807, 2.05) is 6.92 Å². The van der Waals surface area contributed by atoms with Gasteiger partial charge >= 0.3 is 0 Å². The van der Waals surface area contributed by atoms with Crippen LogP contribution in [0.3, 0.4) is 0 Å². The van der Waals surface area contributed by atoms with Crippen molar-refractivity contribution in [2.45, 2.75) is 25.8 Å². The Bertz CT molecular complexity index is 310. The molecule has 0 aliphatic heterocycles. The molecule has 78 valence electrons. The van der Waals surface area contributed by atoms with Crippen LogP contribution in [0.1, 0.15) is 42.3 Å². The van der Waals surface area contributed by atoms with Crippen molar-refractivity contribution in [3.05, 3.63) is 11.7 Å². The third-order valence-electron chi connectivity index (χ3n) is 1.79. The zero-order valence-corrected chi connectivity index (χ0v) is 8.28. The summed E-state index contributed by atoms with van der Waals surface area (Å²) in [4.78, 5) is 15.0. The van der Waals surface area contributed by atoms with Crippen molar-refractivity contribution in [1.82, 2.24) is 15.5 Å². The zero-order valence-electron chi connectivity index (χ0n) is 8.28. The second kappa shape index (κ2) is 4.71. The first-order chi connectivity index (χ1) is 6.69. The van der Waals surface area contributed by atoms with Crippen molar-refractivity contribution in [1.29, 1.82) is 0 Å². The fourth-order valence-corrected chi connectivity index (χ4v) is 1.02. The maximum atomic E-state index is 11.1. The minimum atomic E-state index is -0.372. The first kappa shape index (κ1) is 10.6. The average Bonchev–Trinajstić information content (AvgIpc) is 2.66. The van der Waals surface area contributed by atoms with Crippen LogP contribution >= 0.6 is 0 Å². The number of rotatable bonds is 4. The molecule has 0 radical (unpaired) electrons. The number of carbonyl (C=O) groups excluding carboxylic acids is 1. The number of aromatic nitrogens is 2. The predicted octanol–water partition coefficient (Wildman–Crippen LogP) is 0.229. The predicted molar refractivity (Wildman–Crippen MR) is 49.5 cm³/mol. The summed E-state index contributed by atoms with van der Waals surface area (Å²) in [5, 5.41) is 5.91. The number of nitrogens with one attached hydrogen (secondary N) is 1. The Morgan fingerprint density at radius 3 is 3.00 bits per heavy atom. The van der Waals surface area contributed by atoms with Crippen LogP contribution in [0, 0.1) is 0 Å². The second-order valence-corrected chi connectivity index (χ2v) is 2.93. The van der Waals surface area contributed by atoms with Crippen LogP contribution in [0.5, 0.6) is 0 Å². The van der Waals surface area contributed by atoms with Crippen LogP contribution in [0.25, 0.3) is 0 Å². The van der Waals surface area contributed by atoms with E-state index in [4.69, 9.17) is 10.3 Å². The van der Waals surface area contributed by atoms with E-state index in [0.29, 0.717) is 5.89 Å². The molecule has 6 heteroatoms. The number of hydrogen-bond donors (Lipinski definition) is 2. The van der Waals surface area contributed by atoms with E-state index in [0.717, 1.165) is 12.8 Å². The van der Waals surface area contributed by atoms with E-state index >= 15 is 0 Å². The van der Waals surface area contributed by atoms with Crippen LogP contribution in [0.15, 0.2) is 4.52 Å². The highest BCUT2D eigenvalue weighted by Crippen LogP contribution is 2.12. The highest BCUT2D eigenvalue weighted by molar-refractivity contribution is 5.89. The second-order valence-electron chi connectivity index (χ2n) is 2.93. The Kier molecular flexibility index (Phi) is 3.58. The highest BCUT2D eigenvalue weighted by Gasteiger charge is 2.17. The summed E-state index contributed by atoms with van der Waals surface area (Å²) in [5.74, 6) is -0.0387. The van der Waals surface area contributed by atoms with Gasteiger partial charge in [0.1, 0.15) is 0 Å². The van der Waals surface area contributed by atoms with Gasteiger partial charge in [0, 0.05) is 7.05 Å². The molecule has 3 N–H and O–H groups in total. The maximum Gasteiger partial charge on any atom is 0.292 e. The number of hydrogen-bond acceptors (Lipinski definition) is 5. The molecular weight excluding hydrogens is 184 g/mol. The van der Waals surface area contributed by atoms with E-state index in [2.05, 4.69) is 15.5 Å². The van der Waals surface area contributed by atoms with E-state index in [1.54, 1.807) is 0 Å². The molecule has 1 amide bonds. The van der Waals surface area contributed by atoms with Gasteiger partial charge in [0.05, 0.1) is 6.04 Å². The first-order valence-corrected chi connectivity index (χ1v) is 4.50. The molecule has 1 atom stereocenters. The lowest BCUT2D eigenvalue weighted by Crippen LogP contribution is -2.19. The molecule has 0 saturated heterocycles. The van der Waals surface area contributed by atoms with Crippen molar-refractivity contribution in [2.24, 2.45) is 5.73 Å². The lowest BCUT2D eigenvalue weighted by molar-refractivity contribution is 0.0950. The standard InChI is InChI=1S/C8H14N4O2/c1-3-4-5(9)8-11-6(12-14-8)7(13)10-2/h5H,3-4,9H2,1-2H3,(H,10,13). The van der Waals surface area contributed by atoms with Gasteiger partial charge in [-0.05, 0) is 6.42 Å². The van der Waals surface area contributed by atoms with Gasteiger partial charge in [0.2, 0.25) is 5.89 Å². The molecule has 0 spiro atoms. The van der Waals surface area contributed by atoms with Crippen molar-refractivity contribution in [3.8, 4) is 0 Å². The van der Waals surface area contributed by atoms with E-state index in [1.165, 1.54) is 7.05 Å². The lowest BCUT2D eigenvalue weighted by atomic mass is 10.2. The van der Waals surface area contributed by atoms with Gasteiger partial charge in [-0.25, -0.2) is 0 Å². The summed E-state index contributed by atoms with van der Waals surface area (Å²) < 4.78 is 4.86. The molecule has 0 fully saturated rings. The Labute approximate surface area is 81.9 Å². The molecule has 1 heterocycles. The number of carbonyl (C=O) groups is 1. The van der Waals surface area contributed by atoms with Gasteiger partial charge in [-0.2, -0.15) is 4.98 Å². The minimum Gasteiger partial charge on any atom is -0.352 e. The van der Waals surface area contributed by atoms with E-state index in [9.17, 15) is 4.79 Å². The molecule has 1 aromatic rings. The number of amides is 1. The summed E-state index contributed by atoms with van der Waals surface area (Å²) in [6.45, 7) is 2.01. The lowest BCUT2D eigenvalue weighted by Gasteiger charge is -2.01. The minimum absolute atomic E-state index is 0.0223. The molecule has 0 saturated carbocycles. The van der Waals surface area contributed by atoms with Crippen molar-refractivity contribution in [2.75, 3.05) is 7.05 Å². The maximum absolute atomic E-state index is 11.1. The Balaban J connectivity index is 2.72. The molecule has 0 aliphatic carbocycles. The van der Waals surface area contributed by atoms with Crippen LogP contribution < -0.4 is 11.1 Å². The molecule has 1 rings (SSSR count). The molecule has 1 aromatic heterocycles. The van der Waals surface area contributed by atoms with Gasteiger partial charge in [0.15, 0.2) is 0 Å². The van der Waals surface area contributed by atoms with Gasteiger partial charge in [0.25, 0.3) is 11.7 Å². The fraction of sp³-hybridized carbons (Fsp3) is 0.625. The molecule has 0 aromatic carbocycles. The fourth-order valence-electron chi connectivity index (χ4n) is 1.02. The van der Waals surface area contributed by atoms with Gasteiger partial charge < -0.3 is 15.6 Å². The van der Waals surface area contributed by atoms with Gasteiger partial charge in [-0.3, -0.25) is 4.79 Å². The van der Waals surface area contributed by atoms with Crippen LogP contribution in [-0.4, -0.2) is 23.1 Å². The molecule has 0 bridgehead atoms. The van der Waals surface area contributed by atoms with Crippen LogP contribution in [-0.2, 0) is 0 Å². The molecule has 0 aliphatic rings. The topological polar surface area (TPSA) is 94.0 Å². The van der Waals surface area contributed by atoms with E-state index < -0.39 is 0 Å². The third-order valence-corrected chi connectivity index (χ3v) is 1.79. The highest BCUT2D eigenvalue weighted by atomic mass is 16.5. The summed E-state index contributed by atoms with van der Waals surface area (Å²) in [5.41, 5.74) is 5.73. The quantitative estimate of drug-likeness (QED) is 0.722. The summed E-state index contributed by atoms with van der Waals surface area (Å²) in [7, 11) is 1.50. The summed E-state index contributed by atoms with van der Waals surface area (Å²) in [6, 6.07) is -0.286.